The van der Waals surface area contributed by atoms with Gasteiger partial charge in [-0.15, -0.1) is 0 Å². The summed E-state index contributed by atoms with van der Waals surface area (Å²) in [5.74, 6) is 0.784. The number of hydrogen-bond acceptors (Lipinski definition) is 2. The highest BCUT2D eigenvalue weighted by atomic mass is 32.2. The minimum atomic E-state index is 0.190. The summed E-state index contributed by atoms with van der Waals surface area (Å²) >= 11 is 1.58. The van der Waals surface area contributed by atoms with Crippen molar-refractivity contribution >= 4 is 17.7 Å². The Morgan fingerprint density at radius 1 is 1.62 bits per heavy atom. The fourth-order valence-corrected chi connectivity index (χ4v) is 2.31. The van der Waals surface area contributed by atoms with Gasteiger partial charge in [-0.25, -0.2) is 0 Å². The van der Waals surface area contributed by atoms with Crippen molar-refractivity contribution in [2.24, 2.45) is 5.41 Å². The van der Waals surface area contributed by atoms with Gasteiger partial charge in [0.2, 0.25) is 5.91 Å². The summed E-state index contributed by atoms with van der Waals surface area (Å²) in [4.78, 5) is 11.3. The molecule has 2 nitrogen and oxygen atoms in total. The van der Waals surface area contributed by atoms with Crippen LogP contribution in [0.1, 0.15) is 33.1 Å². The van der Waals surface area contributed by atoms with Gasteiger partial charge in [-0.2, -0.15) is 11.8 Å². The van der Waals surface area contributed by atoms with Crippen molar-refractivity contribution in [1.82, 2.24) is 5.32 Å². The molecular formula is C10H19NOS. The van der Waals surface area contributed by atoms with Gasteiger partial charge in [0.1, 0.15) is 0 Å². The van der Waals surface area contributed by atoms with Crippen LogP contribution in [0, 0.1) is 5.41 Å². The molecule has 0 aromatic rings. The minimum absolute atomic E-state index is 0.190. The lowest BCUT2D eigenvalue weighted by Gasteiger charge is -2.17. The van der Waals surface area contributed by atoms with E-state index in [1.165, 1.54) is 6.42 Å². The summed E-state index contributed by atoms with van der Waals surface area (Å²) in [5.41, 5.74) is 0.428. The average molecular weight is 201 g/mol. The highest BCUT2D eigenvalue weighted by molar-refractivity contribution is 7.99. The molecule has 3 heteroatoms. The van der Waals surface area contributed by atoms with Gasteiger partial charge in [0, 0.05) is 6.04 Å². The third kappa shape index (κ3) is 3.59. The second-order valence-corrected chi connectivity index (χ2v) is 5.47. The lowest BCUT2D eigenvalue weighted by atomic mass is 9.92. The maximum absolute atomic E-state index is 11.3. The van der Waals surface area contributed by atoms with Gasteiger partial charge < -0.3 is 5.32 Å². The molecular weight excluding hydrogens is 182 g/mol. The fourth-order valence-electron chi connectivity index (χ4n) is 1.96. The van der Waals surface area contributed by atoms with Crippen LogP contribution in [0.15, 0.2) is 0 Å². The second-order valence-electron chi connectivity index (χ2n) is 4.60. The van der Waals surface area contributed by atoms with Crippen LogP contribution in [0.25, 0.3) is 0 Å². The molecule has 1 aliphatic rings. The predicted octanol–water partition coefficient (Wildman–Crippen LogP) is 2.04. The van der Waals surface area contributed by atoms with Crippen molar-refractivity contribution in [2.75, 3.05) is 12.0 Å². The first-order valence-corrected chi connectivity index (χ1v) is 6.21. The van der Waals surface area contributed by atoms with Crippen LogP contribution >= 0.6 is 11.8 Å². The van der Waals surface area contributed by atoms with E-state index in [9.17, 15) is 4.79 Å². The lowest BCUT2D eigenvalue weighted by Crippen LogP contribution is -2.34. The average Bonchev–Trinajstić information content (AvgIpc) is 2.30. The number of nitrogens with one attached hydrogen (secondary N) is 1. The molecule has 1 rings (SSSR count). The Labute approximate surface area is 84.9 Å². The molecule has 0 aromatic carbocycles. The van der Waals surface area contributed by atoms with E-state index in [4.69, 9.17) is 0 Å². The molecule has 1 saturated carbocycles. The molecule has 1 aliphatic carbocycles. The van der Waals surface area contributed by atoms with Gasteiger partial charge in [0.15, 0.2) is 0 Å². The third-order valence-electron chi connectivity index (χ3n) is 2.61. The quantitative estimate of drug-likeness (QED) is 0.757. The van der Waals surface area contributed by atoms with Crippen molar-refractivity contribution in [2.45, 2.75) is 39.2 Å². The minimum Gasteiger partial charge on any atom is -0.353 e. The van der Waals surface area contributed by atoms with E-state index in [0.717, 1.165) is 12.8 Å². The van der Waals surface area contributed by atoms with E-state index < -0.39 is 0 Å². The van der Waals surface area contributed by atoms with Gasteiger partial charge in [0.05, 0.1) is 5.75 Å². The molecule has 13 heavy (non-hydrogen) atoms. The molecule has 0 bridgehead atoms. The highest BCUT2D eigenvalue weighted by Crippen LogP contribution is 2.36. The summed E-state index contributed by atoms with van der Waals surface area (Å²) < 4.78 is 0. The molecule has 1 fully saturated rings. The van der Waals surface area contributed by atoms with Gasteiger partial charge >= 0.3 is 0 Å². The number of hydrogen-bond donors (Lipinski definition) is 1. The van der Waals surface area contributed by atoms with Gasteiger partial charge in [0.25, 0.3) is 0 Å². The Hall–Kier alpha value is -0.180. The van der Waals surface area contributed by atoms with Gasteiger partial charge in [-0.3, -0.25) is 4.79 Å². The standard InChI is InChI=1S/C10H19NOS/c1-10(2)5-4-8(6-10)11-9(12)7-13-3/h8H,4-7H2,1-3H3,(H,11,12). The van der Waals surface area contributed by atoms with E-state index in [-0.39, 0.29) is 5.91 Å². The fraction of sp³-hybridized carbons (Fsp3) is 0.900. The monoisotopic (exact) mass is 201 g/mol. The molecule has 76 valence electrons. The molecule has 0 radical (unpaired) electrons. The Kier molecular flexibility index (Phi) is 3.65. The first kappa shape index (κ1) is 10.9. The molecule has 1 N–H and O–H groups in total. The first-order valence-electron chi connectivity index (χ1n) is 4.82. The lowest BCUT2D eigenvalue weighted by molar-refractivity contribution is -0.119. The van der Waals surface area contributed by atoms with Crippen LogP contribution < -0.4 is 5.32 Å². The third-order valence-corrected chi connectivity index (χ3v) is 3.16. The van der Waals surface area contributed by atoms with E-state index in [1.807, 2.05) is 6.26 Å². The van der Waals surface area contributed by atoms with Crippen molar-refractivity contribution in [3.05, 3.63) is 0 Å². The molecule has 0 saturated heterocycles. The van der Waals surface area contributed by atoms with Gasteiger partial charge in [-0.05, 0) is 30.9 Å². The molecule has 1 amide bonds. The number of carbonyl (C=O) groups excluding carboxylic acids is 1. The normalized spacial score (nSPS) is 25.9. The van der Waals surface area contributed by atoms with E-state index in [2.05, 4.69) is 19.2 Å². The molecule has 0 spiro atoms. The smallest absolute Gasteiger partial charge is 0.230 e. The molecule has 1 unspecified atom stereocenters. The molecule has 0 heterocycles. The number of amides is 1. The topological polar surface area (TPSA) is 29.1 Å². The molecule has 1 atom stereocenters. The molecule has 0 aromatic heterocycles. The zero-order valence-electron chi connectivity index (χ0n) is 8.72. The maximum Gasteiger partial charge on any atom is 0.230 e. The predicted molar refractivity (Wildman–Crippen MR) is 57.9 cm³/mol. The van der Waals surface area contributed by atoms with Gasteiger partial charge in [-0.1, -0.05) is 13.8 Å². The van der Waals surface area contributed by atoms with E-state index in [0.29, 0.717) is 17.2 Å². The van der Waals surface area contributed by atoms with Crippen molar-refractivity contribution in [1.29, 1.82) is 0 Å². The van der Waals surface area contributed by atoms with Crippen LogP contribution in [0.2, 0.25) is 0 Å². The summed E-state index contributed by atoms with van der Waals surface area (Å²) in [5, 5.41) is 3.08. The van der Waals surface area contributed by atoms with Crippen LogP contribution in [0.4, 0.5) is 0 Å². The van der Waals surface area contributed by atoms with Crippen LogP contribution in [0.5, 0.6) is 0 Å². The Morgan fingerprint density at radius 2 is 2.31 bits per heavy atom. The van der Waals surface area contributed by atoms with Crippen LogP contribution in [0.3, 0.4) is 0 Å². The zero-order chi connectivity index (χ0) is 9.90. The van der Waals surface area contributed by atoms with Crippen molar-refractivity contribution < 1.29 is 4.79 Å². The molecule has 0 aliphatic heterocycles. The van der Waals surface area contributed by atoms with E-state index in [1.54, 1.807) is 11.8 Å². The number of thioether (sulfide) groups is 1. The summed E-state index contributed by atoms with van der Waals surface area (Å²) in [6, 6.07) is 0.426. The Morgan fingerprint density at radius 3 is 2.77 bits per heavy atom. The van der Waals surface area contributed by atoms with E-state index >= 15 is 0 Å². The zero-order valence-corrected chi connectivity index (χ0v) is 9.54. The first-order chi connectivity index (χ1) is 6.03. The number of rotatable bonds is 3. The van der Waals surface area contributed by atoms with Crippen LogP contribution in [-0.2, 0) is 4.79 Å². The summed E-state index contributed by atoms with van der Waals surface area (Å²) in [6.07, 6.45) is 5.47. The summed E-state index contributed by atoms with van der Waals surface area (Å²) in [6.45, 7) is 4.54. The highest BCUT2D eigenvalue weighted by Gasteiger charge is 2.31. The van der Waals surface area contributed by atoms with Crippen molar-refractivity contribution in [3.63, 3.8) is 0 Å². The Balaban J connectivity index is 2.28. The number of carbonyl (C=O) groups is 1. The maximum atomic E-state index is 11.3. The second kappa shape index (κ2) is 4.36. The SMILES string of the molecule is CSCC(=O)NC1CCC(C)(C)C1. The van der Waals surface area contributed by atoms with Crippen LogP contribution in [-0.4, -0.2) is 24.0 Å². The van der Waals surface area contributed by atoms with Crippen molar-refractivity contribution in [3.8, 4) is 0 Å². The largest absolute Gasteiger partial charge is 0.353 e. The summed E-state index contributed by atoms with van der Waals surface area (Å²) in [7, 11) is 0. The Bertz CT molecular complexity index is 191.